The molecule has 5 nitrogen and oxygen atoms in total. The van der Waals surface area contributed by atoms with Gasteiger partial charge in [-0.05, 0) is 12.1 Å². The van der Waals surface area contributed by atoms with E-state index in [1.165, 1.54) is 5.01 Å². The average molecular weight is 229 g/mol. The maximum absolute atomic E-state index is 11.5. The second-order valence-electron chi connectivity index (χ2n) is 3.48. The number of nitriles is 1. The third-order valence-corrected chi connectivity index (χ3v) is 2.29. The third-order valence-electron chi connectivity index (χ3n) is 2.29. The Bertz CT molecular complexity index is 476. The third kappa shape index (κ3) is 2.61. The van der Waals surface area contributed by atoms with Crippen LogP contribution in [0.2, 0.25) is 0 Å². The molecule has 1 aliphatic heterocycles. The summed E-state index contributed by atoms with van der Waals surface area (Å²) in [6, 6.07) is 11.3. The fourth-order valence-electron chi connectivity index (χ4n) is 1.45. The van der Waals surface area contributed by atoms with Crippen LogP contribution in [0.5, 0.6) is 0 Å². The predicted molar refractivity (Wildman–Crippen MR) is 60.9 cm³/mol. The maximum Gasteiger partial charge on any atom is 0.280 e. The zero-order valence-corrected chi connectivity index (χ0v) is 9.17. The van der Waals surface area contributed by atoms with Gasteiger partial charge in [-0.2, -0.15) is 5.26 Å². The van der Waals surface area contributed by atoms with Crippen LogP contribution in [0.4, 0.5) is 0 Å². The van der Waals surface area contributed by atoms with Crippen molar-refractivity contribution in [1.29, 1.82) is 5.26 Å². The Labute approximate surface area is 98.9 Å². The van der Waals surface area contributed by atoms with Crippen LogP contribution in [0.25, 0.3) is 0 Å². The van der Waals surface area contributed by atoms with Gasteiger partial charge in [-0.1, -0.05) is 18.2 Å². The zero-order chi connectivity index (χ0) is 12.1. The molecule has 2 rings (SSSR count). The van der Waals surface area contributed by atoms with E-state index in [1.54, 1.807) is 0 Å². The van der Waals surface area contributed by atoms with E-state index in [4.69, 9.17) is 10.00 Å². The Kier molecular flexibility index (Phi) is 3.36. The molecule has 0 saturated carbocycles. The van der Waals surface area contributed by atoms with Gasteiger partial charge in [0, 0.05) is 5.56 Å². The van der Waals surface area contributed by atoms with Crippen molar-refractivity contribution in [1.82, 2.24) is 5.01 Å². The highest BCUT2D eigenvalue weighted by Gasteiger charge is 2.21. The molecule has 1 heterocycles. The van der Waals surface area contributed by atoms with Gasteiger partial charge in [0.25, 0.3) is 5.91 Å². The molecule has 0 aromatic heterocycles. The van der Waals surface area contributed by atoms with Crippen LogP contribution in [-0.2, 0) is 9.53 Å². The van der Waals surface area contributed by atoms with Crippen LogP contribution in [0.3, 0.4) is 0 Å². The molecule has 0 atom stereocenters. The zero-order valence-electron chi connectivity index (χ0n) is 9.17. The lowest BCUT2D eigenvalue weighted by atomic mass is 10.2. The van der Waals surface area contributed by atoms with Gasteiger partial charge in [0.15, 0.2) is 6.61 Å². The van der Waals surface area contributed by atoms with E-state index < -0.39 is 0 Å². The standard InChI is InChI=1S/C12H11N3O2/c13-7-4-8-15-11(16)9-17-12(14-15)10-5-2-1-3-6-10/h1-3,5-6H,4,8-9H2. The van der Waals surface area contributed by atoms with Crippen LogP contribution in [0, 0.1) is 11.3 Å². The summed E-state index contributed by atoms with van der Waals surface area (Å²) in [6.45, 7) is 0.272. The molecule has 86 valence electrons. The molecule has 1 amide bonds. The van der Waals surface area contributed by atoms with E-state index >= 15 is 0 Å². The van der Waals surface area contributed by atoms with Gasteiger partial charge in [-0.25, -0.2) is 5.01 Å². The van der Waals surface area contributed by atoms with Crippen molar-refractivity contribution < 1.29 is 9.53 Å². The Morgan fingerprint density at radius 1 is 1.41 bits per heavy atom. The minimum absolute atomic E-state index is 0.0286. The topological polar surface area (TPSA) is 65.7 Å². The molecule has 5 heteroatoms. The van der Waals surface area contributed by atoms with Crippen molar-refractivity contribution in [2.24, 2.45) is 5.10 Å². The number of carbonyl (C=O) groups excluding carboxylic acids is 1. The maximum atomic E-state index is 11.5. The second-order valence-corrected chi connectivity index (χ2v) is 3.48. The van der Waals surface area contributed by atoms with Crippen molar-refractivity contribution in [3.05, 3.63) is 35.9 Å². The average Bonchev–Trinajstić information content (AvgIpc) is 2.39. The van der Waals surface area contributed by atoms with Crippen molar-refractivity contribution in [3.8, 4) is 6.07 Å². The van der Waals surface area contributed by atoms with Gasteiger partial charge >= 0.3 is 0 Å². The predicted octanol–water partition coefficient (Wildman–Crippen LogP) is 1.12. The Morgan fingerprint density at radius 3 is 2.88 bits per heavy atom. The number of hydrogen-bond donors (Lipinski definition) is 0. The van der Waals surface area contributed by atoms with Crippen molar-refractivity contribution in [3.63, 3.8) is 0 Å². The van der Waals surface area contributed by atoms with Gasteiger partial charge < -0.3 is 4.74 Å². The van der Waals surface area contributed by atoms with Crippen molar-refractivity contribution >= 4 is 11.8 Å². The normalized spacial score (nSPS) is 14.9. The summed E-state index contributed by atoms with van der Waals surface area (Å²) in [7, 11) is 0. The number of hydrazone groups is 1. The summed E-state index contributed by atoms with van der Waals surface area (Å²) >= 11 is 0. The van der Waals surface area contributed by atoms with Crippen molar-refractivity contribution in [2.75, 3.05) is 13.2 Å². The Morgan fingerprint density at radius 2 is 2.18 bits per heavy atom. The molecule has 0 N–H and O–H groups in total. The van der Waals surface area contributed by atoms with Crippen LogP contribution >= 0.6 is 0 Å². The van der Waals surface area contributed by atoms with Crippen LogP contribution in [0.1, 0.15) is 12.0 Å². The Balaban J connectivity index is 2.19. The molecule has 0 bridgehead atoms. The lowest BCUT2D eigenvalue weighted by Crippen LogP contribution is -2.37. The highest BCUT2D eigenvalue weighted by Crippen LogP contribution is 2.09. The summed E-state index contributed by atoms with van der Waals surface area (Å²) in [6.07, 6.45) is 0.261. The SMILES string of the molecule is N#CCCN1N=C(c2ccccc2)OCC1=O. The minimum atomic E-state index is -0.222. The number of benzene rings is 1. The number of rotatable bonds is 3. The van der Waals surface area contributed by atoms with E-state index in [1.807, 2.05) is 36.4 Å². The van der Waals surface area contributed by atoms with Crippen LogP contribution in [-0.4, -0.2) is 30.0 Å². The quantitative estimate of drug-likeness (QED) is 0.780. The lowest BCUT2D eigenvalue weighted by Gasteiger charge is -2.22. The largest absolute Gasteiger partial charge is 0.466 e. The van der Waals surface area contributed by atoms with E-state index in [9.17, 15) is 4.79 Å². The molecule has 1 aromatic carbocycles. The van der Waals surface area contributed by atoms with Crippen LogP contribution in [0.15, 0.2) is 35.4 Å². The number of carbonyl (C=O) groups is 1. The van der Waals surface area contributed by atoms with Gasteiger partial charge in [0.2, 0.25) is 5.90 Å². The highest BCUT2D eigenvalue weighted by atomic mass is 16.5. The number of hydrogen-bond acceptors (Lipinski definition) is 4. The molecule has 0 spiro atoms. The molecular weight excluding hydrogens is 218 g/mol. The van der Waals surface area contributed by atoms with E-state index in [2.05, 4.69) is 5.10 Å². The smallest absolute Gasteiger partial charge is 0.280 e. The number of nitrogens with zero attached hydrogens (tertiary/aromatic N) is 3. The fraction of sp³-hybridized carbons (Fsp3) is 0.250. The summed E-state index contributed by atoms with van der Waals surface area (Å²) in [4.78, 5) is 11.5. The van der Waals surface area contributed by atoms with Gasteiger partial charge in [0.05, 0.1) is 19.0 Å². The first-order valence-corrected chi connectivity index (χ1v) is 5.25. The summed E-state index contributed by atoms with van der Waals surface area (Å²) in [5, 5.41) is 13.9. The monoisotopic (exact) mass is 229 g/mol. The molecule has 1 aliphatic rings. The van der Waals surface area contributed by atoms with E-state index in [0.29, 0.717) is 12.4 Å². The number of amides is 1. The second kappa shape index (κ2) is 5.12. The molecule has 0 unspecified atom stereocenters. The number of ether oxygens (including phenoxy) is 1. The van der Waals surface area contributed by atoms with Crippen molar-refractivity contribution in [2.45, 2.75) is 6.42 Å². The first-order valence-electron chi connectivity index (χ1n) is 5.25. The lowest BCUT2D eigenvalue weighted by molar-refractivity contribution is -0.135. The van der Waals surface area contributed by atoms with E-state index in [0.717, 1.165) is 5.56 Å². The molecule has 0 aliphatic carbocycles. The minimum Gasteiger partial charge on any atom is -0.466 e. The fourth-order valence-corrected chi connectivity index (χ4v) is 1.45. The molecule has 1 aromatic rings. The summed E-state index contributed by atoms with van der Waals surface area (Å²) in [5.41, 5.74) is 0.821. The first-order chi connectivity index (χ1) is 8.31. The highest BCUT2D eigenvalue weighted by molar-refractivity contribution is 5.97. The van der Waals surface area contributed by atoms with Gasteiger partial charge in [-0.15, -0.1) is 5.10 Å². The van der Waals surface area contributed by atoms with Crippen LogP contribution < -0.4 is 0 Å². The first kappa shape index (κ1) is 11.1. The van der Waals surface area contributed by atoms with Gasteiger partial charge in [-0.3, -0.25) is 4.79 Å². The molecule has 17 heavy (non-hydrogen) atoms. The molecular formula is C12H11N3O2. The molecule has 0 radical (unpaired) electrons. The molecule has 0 fully saturated rings. The van der Waals surface area contributed by atoms with Gasteiger partial charge in [0.1, 0.15) is 0 Å². The summed E-state index contributed by atoms with van der Waals surface area (Å²) in [5.74, 6) is 0.197. The molecule has 0 saturated heterocycles. The van der Waals surface area contributed by atoms with E-state index in [-0.39, 0.29) is 18.9 Å². The summed E-state index contributed by atoms with van der Waals surface area (Å²) < 4.78 is 5.26. The Hall–Kier alpha value is -2.35.